The molecule has 1 fully saturated rings. The highest BCUT2D eigenvalue weighted by Gasteiger charge is 2.33. The van der Waals surface area contributed by atoms with Gasteiger partial charge in [-0.1, -0.05) is 6.92 Å². The van der Waals surface area contributed by atoms with E-state index in [1.165, 1.54) is 0 Å². The van der Waals surface area contributed by atoms with Crippen LogP contribution >= 0.6 is 0 Å². The van der Waals surface area contributed by atoms with Crippen LogP contribution < -0.4 is 5.32 Å². The fourth-order valence-corrected chi connectivity index (χ4v) is 2.25. The van der Waals surface area contributed by atoms with Gasteiger partial charge in [-0.05, 0) is 31.5 Å². The van der Waals surface area contributed by atoms with Gasteiger partial charge in [0.1, 0.15) is 11.3 Å². The van der Waals surface area contributed by atoms with Crippen molar-refractivity contribution in [3.8, 4) is 6.07 Å². The zero-order valence-corrected chi connectivity index (χ0v) is 10.3. The molecule has 0 unspecified atom stereocenters. The number of hydrogen-bond acceptors (Lipinski definition) is 4. The van der Waals surface area contributed by atoms with E-state index in [0.29, 0.717) is 6.54 Å². The average Bonchev–Trinajstić information content (AvgIpc) is 2.90. The maximum atomic E-state index is 9.37. The van der Waals surface area contributed by atoms with Crippen LogP contribution in [0.5, 0.6) is 0 Å². The van der Waals surface area contributed by atoms with Gasteiger partial charge in [-0.25, -0.2) is 0 Å². The molecule has 4 nitrogen and oxygen atoms in total. The molecule has 1 aromatic heterocycles. The lowest BCUT2D eigenvalue weighted by Crippen LogP contribution is -2.52. The molecule has 0 radical (unpaired) electrons. The quantitative estimate of drug-likeness (QED) is 0.860. The first-order chi connectivity index (χ1) is 8.28. The third-order valence-corrected chi connectivity index (χ3v) is 3.55. The molecule has 92 valence electrons. The van der Waals surface area contributed by atoms with Crippen molar-refractivity contribution in [2.75, 3.05) is 19.6 Å². The fourth-order valence-electron chi connectivity index (χ4n) is 2.25. The third-order valence-electron chi connectivity index (χ3n) is 3.55. The lowest BCUT2D eigenvalue weighted by atomic mass is 9.89. The van der Waals surface area contributed by atoms with Crippen LogP contribution in [0.1, 0.15) is 25.5 Å². The van der Waals surface area contributed by atoms with Crippen molar-refractivity contribution in [3.05, 3.63) is 24.2 Å². The second-order valence-electron chi connectivity index (χ2n) is 4.56. The standard InChI is InChI=1S/C13H19N3O/c1-2-16-7-5-13(11-14,6-8-16)15-10-12-4-3-9-17-12/h3-4,9,15H,2,5-8,10H2,1H3. The Morgan fingerprint density at radius 1 is 1.53 bits per heavy atom. The maximum absolute atomic E-state index is 9.37. The number of piperidine rings is 1. The Balaban J connectivity index is 1.90. The lowest BCUT2D eigenvalue weighted by molar-refractivity contribution is 0.170. The summed E-state index contributed by atoms with van der Waals surface area (Å²) < 4.78 is 5.27. The van der Waals surface area contributed by atoms with Gasteiger partial charge >= 0.3 is 0 Å². The molecule has 17 heavy (non-hydrogen) atoms. The van der Waals surface area contributed by atoms with Crippen molar-refractivity contribution < 1.29 is 4.42 Å². The zero-order valence-electron chi connectivity index (χ0n) is 10.3. The highest BCUT2D eigenvalue weighted by Crippen LogP contribution is 2.22. The highest BCUT2D eigenvalue weighted by molar-refractivity contribution is 5.11. The number of nitrogens with one attached hydrogen (secondary N) is 1. The zero-order chi connectivity index (χ0) is 12.1. The fraction of sp³-hybridized carbons (Fsp3) is 0.615. The minimum atomic E-state index is -0.377. The molecule has 0 atom stereocenters. The number of likely N-dealkylation sites (tertiary alicyclic amines) is 1. The predicted molar refractivity (Wildman–Crippen MR) is 65.2 cm³/mol. The minimum absolute atomic E-state index is 0.377. The van der Waals surface area contributed by atoms with Gasteiger partial charge in [0, 0.05) is 13.1 Å². The summed E-state index contributed by atoms with van der Waals surface area (Å²) in [5, 5.41) is 12.7. The summed E-state index contributed by atoms with van der Waals surface area (Å²) >= 11 is 0. The van der Waals surface area contributed by atoms with E-state index in [1.54, 1.807) is 6.26 Å². The monoisotopic (exact) mass is 233 g/mol. The molecule has 0 saturated carbocycles. The first kappa shape index (κ1) is 12.2. The van der Waals surface area contributed by atoms with Gasteiger partial charge in [-0.15, -0.1) is 0 Å². The molecule has 2 heterocycles. The number of hydrogen-bond donors (Lipinski definition) is 1. The van der Waals surface area contributed by atoms with Crippen LogP contribution in [0.15, 0.2) is 22.8 Å². The lowest BCUT2D eigenvalue weighted by Gasteiger charge is -2.37. The van der Waals surface area contributed by atoms with Gasteiger partial charge in [0.15, 0.2) is 0 Å². The molecule has 0 aliphatic carbocycles. The molecule has 1 saturated heterocycles. The molecule has 0 aromatic carbocycles. The highest BCUT2D eigenvalue weighted by atomic mass is 16.3. The van der Waals surface area contributed by atoms with Crippen molar-refractivity contribution in [3.63, 3.8) is 0 Å². The van der Waals surface area contributed by atoms with E-state index in [2.05, 4.69) is 23.2 Å². The van der Waals surface area contributed by atoms with Crippen LogP contribution in [0, 0.1) is 11.3 Å². The second kappa shape index (κ2) is 5.35. The second-order valence-corrected chi connectivity index (χ2v) is 4.56. The topological polar surface area (TPSA) is 52.2 Å². The van der Waals surface area contributed by atoms with Gasteiger partial charge < -0.3 is 9.32 Å². The van der Waals surface area contributed by atoms with E-state index >= 15 is 0 Å². The summed E-state index contributed by atoms with van der Waals surface area (Å²) in [7, 11) is 0. The molecule has 2 rings (SSSR count). The Morgan fingerprint density at radius 3 is 2.82 bits per heavy atom. The van der Waals surface area contributed by atoms with Gasteiger partial charge in [0.2, 0.25) is 0 Å². The molecule has 0 bridgehead atoms. The summed E-state index contributed by atoms with van der Waals surface area (Å²) in [6, 6.07) is 6.25. The van der Waals surface area contributed by atoms with E-state index < -0.39 is 0 Å². The largest absolute Gasteiger partial charge is 0.468 e. The first-order valence-corrected chi connectivity index (χ1v) is 6.19. The van der Waals surface area contributed by atoms with Crippen LogP contribution in [-0.2, 0) is 6.54 Å². The van der Waals surface area contributed by atoms with Crippen molar-refractivity contribution in [2.24, 2.45) is 0 Å². The van der Waals surface area contributed by atoms with Crippen LogP contribution in [0.3, 0.4) is 0 Å². The Labute approximate surface area is 102 Å². The molecule has 1 aromatic rings. The smallest absolute Gasteiger partial charge is 0.117 e. The number of nitrogens with zero attached hydrogens (tertiary/aromatic N) is 2. The summed E-state index contributed by atoms with van der Waals surface area (Å²) in [4.78, 5) is 2.38. The Bertz CT molecular complexity index is 372. The van der Waals surface area contributed by atoms with Gasteiger partial charge in [-0.3, -0.25) is 5.32 Å². The van der Waals surface area contributed by atoms with E-state index in [4.69, 9.17) is 4.42 Å². The van der Waals surface area contributed by atoms with Gasteiger partial charge in [-0.2, -0.15) is 5.26 Å². The van der Waals surface area contributed by atoms with Crippen LogP contribution in [0.2, 0.25) is 0 Å². The van der Waals surface area contributed by atoms with Gasteiger partial charge in [0.05, 0.1) is 18.9 Å². The Kier molecular flexibility index (Phi) is 3.82. The SMILES string of the molecule is CCN1CCC(C#N)(NCc2ccco2)CC1. The average molecular weight is 233 g/mol. The molecular weight excluding hydrogens is 214 g/mol. The Hall–Kier alpha value is -1.31. The summed E-state index contributed by atoms with van der Waals surface area (Å²) in [5.41, 5.74) is -0.377. The van der Waals surface area contributed by atoms with Crippen LogP contribution in [0.4, 0.5) is 0 Å². The molecule has 0 amide bonds. The molecule has 0 spiro atoms. The summed E-state index contributed by atoms with van der Waals surface area (Å²) in [5.74, 6) is 0.887. The normalized spacial score (nSPS) is 20.0. The number of rotatable bonds is 4. The van der Waals surface area contributed by atoms with E-state index in [9.17, 15) is 5.26 Å². The maximum Gasteiger partial charge on any atom is 0.117 e. The predicted octanol–water partition coefficient (Wildman–Crippen LogP) is 1.75. The van der Waals surface area contributed by atoms with Crippen molar-refractivity contribution in [1.29, 1.82) is 5.26 Å². The van der Waals surface area contributed by atoms with Crippen molar-refractivity contribution >= 4 is 0 Å². The summed E-state index contributed by atoms with van der Waals surface area (Å²) in [6.45, 7) is 5.85. The Morgan fingerprint density at radius 2 is 2.29 bits per heavy atom. The van der Waals surface area contributed by atoms with E-state index in [1.807, 2.05) is 12.1 Å². The molecule has 1 aliphatic heterocycles. The molecular formula is C13H19N3O. The van der Waals surface area contributed by atoms with Crippen molar-refractivity contribution in [1.82, 2.24) is 10.2 Å². The number of nitriles is 1. The molecule has 4 heteroatoms. The van der Waals surface area contributed by atoms with E-state index in [0.717, 1.165) is 38.2 Å². The number of furan rings is 1. The third kappa shape index (κ3) is 2.87. The van der Waals surface area contributed by atoms with Crippen molar-refractivity contribution in [2.45, 2.75) is 31.8 Å². The summed E-state index contributed by atoms with van der Waals surface area (Å²) in [6.07, 6.45) is 3.44. The first-order valence-electron chi connectivity index (χ1n) is 6.19. The molecule has 1 aliphatic rings. The van der Waals surface area contributed by atoms with Crippen LogP contribution in [-0.4, -0.2) is 30.1 Å². The molecule has 1 N–H and O–H groups in total. The van der Waals surface area contributed by atoms with Gasteiger partial charge in [0.25, 0.3) is 0 Å². The van der Waals surface area contributed by atoms with Crippen LogP contribution in [0.25, 0.3) is 0 Å². The minimum Gasteiger partial charge on any atom is -0.468 e. The van der Waals surface area contributed by atoms with E-state index in [-0.39, 0.29) is 5.54 Å².